The Labute approximate surface area is 135 Å². The van der Waals surface area contributed by atoms with Gasteiger partial charge < -0.3 is 10.2 Å². The number of aryl methyl sites for hydroxylation is 1. The fourth-order valence-corrected chi connectivity index (χ4v) is 2.74. The van der Waals surface area contributed by atoms with E-state index >= 15 is 0 Å². The highest BCUT2D eigenvalue weighted by molar-refractivity contribution is 5.89. The first-order valence-corrected chi connectivity index (χ1v) is 7.87. The van der Waals surface area contributed by atoms with Gasteiger partial charge in [0.2, 0.25) is 0 Å². The highest BCUT2D eigenvalue weighted by Gasteiger charge is 2.21. The van der Waals surface area contributed by atoms with Crippen LogP contribution in [0.15, 0.2) is 42.7 Å². The molecule has 0 spiro atoms. The van der Waals surface area contributed by atoms with Crippen LogP contribution in [-0.4, -0.2) is 35.1 Å². The van der Waals surface area contributed by atoms with Gasteiger partial charge in [0, 0.05) is 31.5 Å². The Balaban J connectivity index is 1.49. The van der Waals surface area contributed by atoms with Crippen LogP contribution in [0.1, 0.15) is 18.4 Å². The van der Waals surface area contributed by atoms with Gasteiger partial charge in [-0.1, -0.05) is 12.1 Å². The summed E-state index contributed by atoms with van der Waals surface area (Å²) in [6.07, 6.45) is 5.30. The fourth-order valence-electron chi connectivity index (χ4n) is 2.74. The molecular formula is C17H21N5O. The Hall–Kier alpha value is -2.63. The quantitative estimate of drug-likeness (QED) is 0.914. The summed E-state index contributed by atoms with van der Waals surface area (Å²) in [4.78, 5) is 22.9. The van der Waals surface area contributed by atoms with Gasteiger partial charge in [0.25, 0.3) is 0 Å². The Kier molecular flexibility index (Phi) is 4.71. The SMILES string of the molecule is Cc1cccnc1NC(=O)NC1CCN(c2ccccn2)CC1. The second-order valence-corrected chi connectivity index (χ2v) is 5.72. The van der Waals surface area contributed by atoms with E-state index in [1.807, 2.05) is 43.5 Å². The number of anilines is 2. The minimum atomic E-state index is -0.192. The van der Waals surface area contributed by atoms with Gasteiger partial charge in [-0.25, -0.2) is 14.8 Å². The van der Waals surface area contributed by atoms with Crippen LogP contribution in [0.3, 0.4) is 0 Å². The van der Waals surface area contributed by atoms with E-state index in [2.05, 4.69) is 25.5 Å². The molecule has 0 atom stereocenters. The zero-order valence-corrected chi connectivity index (χ0v) is 13.2. The number of hydrogen-bond donors (Lipinski definition) is 2. The first kappa shape index (κ1) is 15.3. The summed E-state index contributed by atoms with van der Waals surface area (Å²) < 4.78 is 0. The second kappa shape index (κ2) is 7.09. The molecular weight excluding hydrogens is 290 g/mol. The minimum Gasteiger partial charge on any atom is -0.356 e. The lowest BCUT2D eigenvalue weighted by atomic mass is 10.1. The molecule has 0 aromatic carbocycles. The number of piperidine rings is 1. The summed E-state index contributed by atoms with van der Waals surface area (Å²) in [5.74, 6) is 1.61. The van der Waals surface area contributed by atoms with Crippen LogP contribution in [0.4, 0.5) is 16.4 Å². The third kappa shape index (κ3) is 3.97. The Bertz CT molecular complexity index is 653. The van der Waals surface area contributed by atoms with Gasteiger partial charge in [-0.3, -0.25) is 5.32 Å². The van der Waals surface area contributed by atoms with Crippen LogP contribution in [0.25, 0.3) is 0 Å². The maximum atomic E-state index is 12.1. The predicted octanol–water partition coefficient (Wildman–Crippen LogP) is 2.58. The van der Waals surface area contributed by atoms with Crippen molar-refractivity contribution in [3.05, 3.63) is 48.3 Å². The molecule has 2 aromatic rings. The van der Waals surface area contributed by atoms with Crippen LogP contribution < -0.4 is 15.5 Å². The lowest BCUT2D eigenvalue weighted by Gasteiger charge is -2.33. The van der Waals surface area contributed by atoms with Crippen molar-refractivity contribution in [3.63, 3.8) is 0 Å². The summed E-state index contributed by atoms with van der Waals surface area (Å²) in [7, 11) is 0. The largest absolute Gasteiger partial charge is 0.356 e. The number of urea groups is 1. The van der Waals surface area contributed by atoms with Gasteiger partial charge in [-0.15, -0.1) is 0 Å². The van der Waals surface area contributed by atoms with Crippen molar-refractivity contribution in [2.75, 3.05) is 23.3 Å². The molecule has 6 nitrogen and oxygen atoms in total. The number of hydrogen-bond acceptors (Lipinski definition) is 4. The molecule has 1 aliphatic heterocycles. The molecule has 2 N–H and O–H groups in total. The number of carbonyl (C=O) groups is 1. The standard InChI is InChI=1S/C17H21N5O/c1-13-5-4-10-19-16(13)21-17(23)20-14-7-11-22(12-8-14)15-6-2-3-9-18-15/h2-6,9-10,14H,7-8,11-12H2,1H3,(H2,19,20,21,23). The fraction of sp³-hybridized carbons (Fsp3) is 0.353. The van der Waals surface area contributed by atoms with Gasteiger partial charge in [0.05, 0.1) is 0 Å². The second-order valence-electron chi connectivity index (χ2n) is 5.72. The average Bonchev–Trinajstić information content (AvgIpc) is 2.58. The maximum Gasteiger partial charge on any atom is 0.320 e. The third-order valence-electron chi connectivity index (χ3n) is 4.04. The highest BCUT2D eigenvalue weighted by atomic mass is 16.2. The molecule has 0 saturated carbocycles. The summed E-state index contributed by atoms with van der Waals surface area (Å²) in [5, 5.41) is 5.84. The molecule has 120 valence electrons. The lowest BCUT2D eigenvalue weighted by Crippen LogP contribution is -2.46. The number of amides is 2. The molecule has 3 heterocycles. The van der Waals surface area contributed by atoms with Gasteiger partial charge in [-0.2, -0.15) is 0 Å². The molecule has 0 bridgehead atoms. The molecule has 1 aliphatic rings. The minimum absolute atomic E-state index is 0.180. The van der Waals surface area contributed by atoms with Crippen LogP contribution in [0, 0.1) is 6.92 Å². The highest BCUT2D eigenvalue weighted by Crippen LogP contribution is 2.17. The topological polar surface area (TPSA) is 70.2 Å². The molecule has 0 aliphatic carbocycles. The van der Waals surface area contributed by atoms with Gasteiger partial charge in [0.1, 0.15) is 11.6 Å². The molecule has 3 rings (SSSR count). The number of nitrogens with zero attached hydrogens (tertiary/aromatic N) is 3. The van der Waals surface area contributed by atoms with E-state index in [1.165, 1.54) is 0 Å². The van der Waals surface area contributed by atoms with Crippen molar-refractivity contribution in [3.8, 4) is 0 Å². The zero-order valence-electron chi connectivity index (χ0n) is 13.2. The first-order valence-electron chi connectivity index (χ1n) is 7.87. The molecule has 6 heteroatoms. The number of aromatic nitrogens is 2. The van der Waals surface area contributed by atoms with E-state index in [0.29, 0.717) is 5.82 Å². The summed E-state index contributed by atoms with van der Waals surface area (Å²) in [6.45, 7) is 3.71. The van der Waals surface area contributed by atoms with E-state index in [0.717, 1.165) is 37.3 Å². The van der Waals surface area contributed by atoms with E-state index < -0.39 is 0 Å². The molecule has 0 unspecified atom stereocenters. The van der Waals surface area contributed by atoms with Crippen molar-refractivity contribution in [2.24, 2.45) is 0 Å². The molecule has 23 heavy (non-hydrogen) atoms. The van der Waals surface area contributed by atoms with Crippen molar-refractivity contribution in [1.29, 1.82) is 0 Å². The summed E-state index contributed by atoms with van der Waals surface area (Å²) in [5.41, 5.74) is 0.952. The molecule has 1 saturated heterocycles. The van der Waals surface area contributed by atoms with Gasteiger partial charge in [-0.05, 0) is 43.5 Å². The Morgan fingerprint density at radius 2 is 1.91 bits per heavy atom. The zero-order chi connectivity index (χ0) is 16.1. The number of rotatable bonds is 3. The van der Waals surface area contributed by atoms with Crippen LogP contribution in [0.2, 0.25) is 0 Å². The van der Waals surface area contributed by atoms with E-state index in [9.17, 15) is 4.79 Å². The van der Waals surface area contributed by atoms with Gasteiger partial charge in [0.15, 0.2) is 0 Å². The predicted molar refractivity (Wildman–Crippen MR) is 90.6 cm³/mol. The monoisotopic (exact) mass is 311 g/mol. The Morgan fingerprint density at radius 3 is 2.61 bits per heavy atom. The van der Waals surface area contributed by atoms with E-state index in [1.54, 1.807) is 6.20 Å². The first-order chi connectivity index (χ1) is 11.2. The average molecular weight is 311 g/mol. The molecule has 0 radical (unpaired) electrons. The number of pyridine rings is 2. The smallest absolute Gasteiger partial charge is 0.320 e. The van der Waals surface area contributed by atoms with E-state index in [4.69, 9.17) is 0 Å². The lowest BCUT2D eigenvalue weighted by molar-refractivity contribution is 0.246. The molecule has 1 fully saturated rings. The van der Waals surface area contributed by atoms with E-state index in [-0.39, 0.29) is 12.1 Å². The number of carbonyl (C=O) groups excluding carboxylic acids is 1. The summed E-state index contributed by atoms with van der Waals surface area (Å²) in [6, 6.07) is 9.70. The van der Waals surface area contributed by atoms with Crippen molar-refractivity contribution in [1.82, 2.24) is 15.3 Å². The third-order valence-corrected chi connectivity index (χ3v) is 4.04. The van der Waals surface area contributed by atoms with Crippen molar-refractivity contribution < 1.29 is 4.79 Å². The molecule has 2 amide bonds. The maximum absolute atomic E-state index is 12.1. The van der Waals surface area contributed by atoms with Crippen LogP contribution in [-0.2, 0) is 0 Å². The van der Waals surface area contributed by atoms with Crippen LogP contribution >= 0.6 is 0 Å². The molecule has 2 aromatic heterocycles. The van der Waals surface area contributed by atoms with Gasteiger partial charge >= 0.3 is 6.03 Å². The Morgan fingerprint density at radius 1 is 1.13 bits per heavy atom. The normalized spacial score (nSPS) is 15.3. The van der Waals surface area contributed by atoms with Crippen LogP contribution in [0.5, 0.6) is 0 Å². The van der Waals surface area contributed by atoms with Crippen molar-refractivity contribution in [2.45, 2.75) is 25.8 Å². The van der Waals surface area contributed by atoms with Crippen molar-refractivity contribution >= 4 is 17.7 Å². The summed E-state index contributed by atoms with van der Waals surface area (Å²) >= 11 is 0. The number of nitrogens with one attached hydrogen (secondary N) is 2.